The lowest BCUT2D eigenvalue weighted by molar-refractivity contribution is -0.113. The number of thioether (sulfide) groups is 1. The largest absolute Gasteiger partial charge is 0.484 e. The summed E-state index contributed by atoms with van der Waals surface area (Å²) in [5.41, 5.74) is 3.63. The number of piperazine rings is 1. The standard InChI is InChI=1S/C29H29N5O4S/c1-21-7-9-22(10-8-21)28(36)34-17-15-33(16-18-34)24-13-11-23(12-14-24)30-26(35)20-39-29-32-31-27(38-29)19-37-25-5-3-2-4-6-25/h2-14H,15-20H2,1H3,(H,30,35). The number of rotatable bonds is 9. The van der Waals surface area contributed by atoms with E-state index in [1.54, 1.807) is 0 Å². The van der Waals surface area contributed by atoms with E-state index in [0.29, 0.717) is 35.6 Å². The third-order valence-electron chi connectivity index (χ3n) is 6.26. The number of amides is 2. The molecule has 0 atom stereocenters. The van der Waals surface area contributed by atoms with E-state index >= 15 is 0 Å². The second-order valence-corrected chi connectivity index (χ2v) is 10.0. The summed E-state index contributed by atoms with van der Waals surface area (Å²) in [5.74, 6) is 1.10. The van der Waals surface area contributed by atoms with E-state index < -0.39 is 0 Å². The maximum atomic E-state index is 12.8. The van der Waals surface area contributed by atoms with Crippen molar-refractivity contribution in [3.63, 3.8) is 0 Å². The van der Waals surface area contributed by atoms with Crippen LogP contribution in [-0.2, 0) is 11.4 Å². The highest BCUT2D eigenvalue weighted by atomic mass is 32.2. The van der Waals surface area contributed by atoms with Crippen LogP contribution in [0.15, 0.2) is 88.5 Å². The van der Waals surface area contributed by atoms with Crippen molar-refractivity contribution in [3.05, 3.63) is 95.9 Å². The van der Waals surface area contributed by atoms with Crippen molar-refractivity contribution in [3.8, 4) is 5.75 Å². The fourth-order valence-electron chi connectivity index (χ4n) is 4.14. The molecule has 1 aliphatic rings. The van der Waals surface area contributed by atoms with Crippen LogP contribution in [0.1, 0.15) is 21.8 Å². The van der Waals surface area contributed by atoms with Gasteiger partial charge < -0.3 is 24.3 Å². The van der Waals surface area contributed by atoms with Gasteiger partial charge in [0.25, 0.3) is 17.0 Å². The Bertz CT molecular complexity index is 1390. The molecule has 0 radical (unpaired) electrons. The predicted octanol–water partition coefficient (Wildman–Crippen LogP) is 4.65. The van der Waals surface area contributed by atoms with Crippen molar-refractivity contribution in [2.75, 3.05) is 42.1 Å². The summed E-state index contributed by atoms with van der Waals surface area (Å²) in [6, 6.07) is 24.8. The number of benzene rings is 3. The second kappa shape index (κ2) is 12.5. The van der Waals surface area contributed by atoms with Gasteiger partial charge >= 0.3 is 0 Å². The normalized spacial score (nSPS) is 13.3. The van der Waals surface area contributed by atoms with E-state index in [4.69, 9.17) is 9.15 Å². The highest BCUT2D eigenvalue weighted by Crippen LogP contribution is 2.22. The fraction of sp³-hybridized carbons (Fsp3) is 0.241. The Hall–Kier alpha value is -4.31. The minimum absolute atomic E-state index is 0.0721. The van der Waals surface area contributed by atoms with Gasteiger partial charge in [-0.05, 0) is 55.5 Å². The molecule has 1 aliphatic heterocycles. The van der Waals surface area contributed by atoms with Gasteiger partial charge in [0.05, 0.1) is 5.75 Å². The zero-order valence-electron chi connectivity index (χ0n) is 21.6. The number of anilines is 2. The zero-order valence-corrected chi connectivity index (χ0v) is 22.4. The number of carbonyl (C=O) groups is 2. The molecule has 10 heteroatoms. The first kappa shape index (κ1) is 26.3. The summed E-state index contributed by atoms with van der Waals surface area (Å²) >= 11 is 1.17. The Morgan fingerprint density at radius 2 is 1.64 bits per heavy atom. The molecular weight excluding hydrogens is 514 g/mol. The molecule has 5 rings (SSSR count). The van der Waals surface area contributed by atoms with Gasteiger partial charge in [0.1, 0.15) is 5.75 Å². The molecule has 0 spiro atoms. The van der Waals surface area contributed by atoms with Gasteiger partial charge in [0.15, 0.2) is 6.61 Å². The first-order chi connectivity index (χ1) is 19.0. The molecule has 4 aromatic rings. The molecule has 0 aliphatic carbocycles. The van der Waals surface area contributed by atoms with Crippen molar-refractivity contribution >= 4 is 35.0 Å². The van der Waals surface area contributed by atoms with Crippen molar-refractivity contribution in [2.45, 2.75) is 18.8 Å². The van der Waals surface area contributed by atoms with Crippen LogP contribution in [0, 0.1) is 6.92 Å². The second-order valence-electron chi connectivity index (χ2n) is 9.09. The average molecular weight is 544 g/mol. The lowest BCUT2D eigenvalue weighted by atomic mass is 10.1. The van der Waals surface area contributed by atoms with Crippen LogP contribution in [0.3, 0.4) is 0 Å². The number of hydrogen-bond donors (Lipinski definition) is 1. The van der Waals surface area contributed by atoms with Crippen LogP contribution in [0.4, 0.5) is 11.4 Å². The third-order valence-corrected chi connectivity index (χ3v) is 7.08. The van der Waals surface area contributed by atoms with Crippen LogP contribution in [0.2, 0.25) is 0 Å². The average Bonchev–Trinajstić information content (AvgIpc) is 3.44. The first-order valence-electron chi connectivity index (χ1n) is 12.7. The fourth-order valence-corrected chi connectivity index (χ4v) is 4.72. The van der Waals surface area contributed by atoms with Crippen LogP contribution in [0.5, 0.6) is 5.75 Å². The van der Waals surface area contributed by atoms with Gasteiger partial charge in [-0.1, -0.05) is 47.7 Å². The number of carbonyl (C=O) groups excluding carboxylic acids is 2. The summed E-state index contributed by atoms with van der Waals surface area (Å²) in [7, 11) is 0. The summed E-state index contributed by atoms with van der Waals surface area (Å²) in [6.45, 7) is 5.01. The third kappa shape index (κ3) is 7.17. The Morgan fingerprint density at radius 3 is 2.36 bits per heavy atom. The number of nitrogens with zero attached hydrogens (tertiary/aromatic N) is 4. The minimum Gasteiger partial charge on any atom is -0.484 e. The van der Waals surface area contributed by atoms with Gasteiger partial charge in [0.2, 0.25) is 5.91 Å². The summed E-state index contributed by atoms with van der Waals surface area (Å²) in [6.07, 6.45) is 0. The van der Waals surface area contributed by atoms with Crippen molar-refractivity contribution in [1.29, 1.82) is 0 Å². The molecule has 2 heterocycles. The molecule has 1 N–H and O–H groups in total. The monoisotopic (exact) mass is 543 g/mol. The molecule has 200 valence electrons. The van der Waals surface area contributed by atoms with Gasteiger partial charge in [0, 0.05) is 43.1 Å². The highest BCUT2D eigenvalue weighted by Gasteiger charge is 2.22. The lowest BCUT2D eigenvalue weighted by Crippen LogP contribution is -2.48. The van der Waals surface area contributed by atoms with Crippen LogP contribution in [-0.4, -0.2) is 58.8 Å². The van der Waals surface area contributed by atoms with Crippen molar-refractivity contribution in [1.82, 2.24) is 15.1 Å². The Kier molecular flexibility index (Phi) is 8.42. The molecule has 0 bridgehead atoms. The molecule has 1 saturated heterocycles. The molecule has 0 saturated carbocycles. The molecule has 39 heavy (non-hydrogen) atoms. The van der Waals surface area contributed by atoms with Crippen LogP contribution in [0.25, 0.3) is 0 Å². The molecular formula is C29H29N5O4S. The molecule has 9 nitrogen and oxygen atoms in total. The number of hydrogen-bond acceptors (Lipinski definition) is 8. The molecule has 3 aromatic carbocycles. The number of ether oxygens (including phenoxy) is 1. The lowest BCUT2D eigenvalue weighted by Gasteiger charge is -2.36. The maximum absolute atomic E-state index is 12.8. The summed E-state index contributed by atoms with van der Waals surface area (Å²) in [4.78, 5) is 29.4. The van der Waals surface area contributed by atoms with Crippen LogP contribution < -0.4 is 15.0 Å². The Balaban J connectivity index is 1.04. The smallest absolute Gasteiger partial charge is 0.277 e. The van der Waals surface area contributed by atoms with E-state index in [2.05, 4.69) is 20.4 Å². The summed E-state index contributed by atoms with van der Waals surface area (Å²) < 4.78 is 11.1. The van der Waals surface area contributed by atoms with E-state index in [1.807, 2.05) is 90.7 Å². The quantitative estimate of drug-likeness (QED) is 0.305. The SMILES string of the molecule is Cc1ccc(C(=O)N2CCN(c3ccc(NC(=O)CSc4nnc(COc5ccccc5)o4)cc3)CC2)cc1. The van der Waals surface area contributed by atoms with Crippen molar-refractivity contribution < 1.29 is 18.7 Å². The number of aromatic nitrogens is 2. The minimum atomic E-state index is -0.170. The molecule has 1 fully saturated rings. The molecule has 2 amide bonds. The predicted molar refractivity (Wildman–Crippen MR) is 150 cm³/mol. The van der Waals surface area contributed by atoms with Crippen molar-refractivity contribution in [2.24, 2.45) is 0 Å². The van der Waals surface area contributed by atoms with Gasteiger partial charge in [-0.25, -0.2) is 0 Å². The van der Waals surface area contributed by atoms with E-state index in [-0.39, 0.29) is 24.2 Å². The molecule has 1 aromatic heterocycles. The topological polar surface area (TPSA) is 101 Å². The van der Waals surface area contributed by atoms with E-state index in [0.717, 1.165) is 29.9 Å². The van der Waals surface area contributed by atoms with E-state index in [1.165, 1.54) is 11.8 Å². The Labute approximate surface area is 231 Å². The number of aryl methyl sites for hydroxylation is 1. The molecule has 0 unspecified atom stereocenters. The van der Waals surface area contributed by atoms with Crippen LogP contribution >= 0.6 is 11.8 Å². The highest BCUT2D eigenvalue weighted by molar-refractivity contribution is 7.99. The zero-order chi connectivity index (χ0) is 27.0. The Morgan fingerprint density at radius 1 is 0.923 bits per heavy atom. The summed E-state index contributed by atoms with van der Waals surface area (Å²) in [5, 5.41) is 11.1. The van der Waals surface area contributed by atoms with Gasteiger partial charge in [-0.3, -0.25) is 9.59 Å². The first-order valence-corrected chi connectivity index (χ1v) is 13.7. The maximum Gasteiger partial charge on any atom is 0.277 e. The number of nitrogens with one attached hydrogen (secondary N) is 1. The van der Waals surface area contributed by atoms with Gasteiger partial charge in [-0.2, -0.15) is 0 Å². The van der Waals surface area contributed by atoms with Gasteiger partial charge in [-0.15, -0.1) is 10.2 Å². The van der Waals surface area contributed by atoms with E-state index in [9.17, 15) is 9.59 Å². The number of para-hydroxylation sites is 1.